The molecule has 2 heterocycles. The zero-order chi connectivity index (χ0) is 14.8. The smallest absolute Gasteiger partial charge is 0.257 e. The largest absolute Gasteiger partial charge is 0.507 e. The molecule has 1 aromatic carbocycles. The molecule has 110 valence electrons. The maximum absolute atomic E-state index is 12.6. The van der Waals surface area contributed by atoms with Crippen LogP contribution < -0.4 is 0 Å². The molecule has 6 nitrogen and oxygen atoms in total. The molecule has 1 N–H and O–H groups in total. The van der Waals surface area contributed by atoms with Gasteiger partial charge in [-0.05, 0) is 31.9 Å². The van der Waals surface area contributed by atoms with E-state index in [0.29, 0.717) is 18.7 Å². The standard InChI is InChI=1S/C15H18N4O2/c1-11-4-5-14(20)13(9-11)15(21)18-7-2-3-12(10-18)19-8-6-16-17-19/h4-6,8-9,12,20H,2-3,7,10H2,1H3. The molecule has 1 amide bonds. The topological polar surface area (TPSA) is 71.2 Å². The molecule has 0 spiro atoms. The van der Waals surface area contributed by atoms with Crippen molar-refractivity contribution in [3.05, 3.63) is 41.7 Å². The molecule has 1 unspecified atom stereocenters. The molecule has 0 saturated carbocycles. The van der Waals surface area contributed by atoms with Crippen molar-refractivity contribution in [1.29, 1.82) is 0 Å². The van der Waals surface area contributed by atoms with Gasteiger partial charge in [0.25, 0.3) is 5.91 Å². The van der Waals surface area contributed by atoms with Crippen molar-refractivity contribution in [3.8, 4) is 5.75 Å². The van der Waals surface area contributed by atoms with Gasteiger partial charge in [-0.15, -0.1) is 5.10 Å². The lowest BCUT2D eigenvalue weighted by molar-refractivity contribution is 0.0668. The Labute approximate surface area is 123 Å². The molecule has 3 rings (SSSR count). The Morgan fingerprint density at radius 3 is 3.05 bits per heavy atom. The van der Waals surface area contributed by atoms with E-state index in [-0.39, 0.29) is 17.7 Å². The van der Waals surface area contributed by atoms with Crippen LogP contribution >= 0.6 is 0 Å². The summed E-state index contributed by atoms with van der Waals surface area (Å²) in [6.07, 6.45) is 5.37. The highest BCUT2D eigenvalue weighted by atomic mass is 16.3. The molecule has 1 aliphatic heterocycles. The van der Waals surface area contributed by atoms with Gasteiger partial charge in [0.2, 0.25) is 0 Å². The van der Waals surface area contributed by atoms with Gasteiger partial charge in [-0.25, -0.2) is 4.68 Å². The molecule has 0 bridgehead atoms. The fraction of sp³-hybridized carbons (Fsp3) is 0.400. The summed E-state index contributed by atoms with van der Waals surface area (Å²) in [6, 6.07) is 5.25. The second kappa shape index (κ2) is 5.55. The fourth-order valence-electron chi connectivity index (χ4n) is 2.76. The van der Waals surface area contributed by atoms with Crippen LogP contribution in [0.3, 0.4) is 0 Å². The van der Waals surface area contributed by atoms with E-state index in [2.05, 4.69) is 10.3 Å². The lowest BCUT2D eigenvalue weighted by atomic mass is 10.0. The highest BCUT2D eigenvalue weighted by Gasteiger charge is 2.27. The van der Waals surface area contributed by atoms with E-state index >= 15 is 0 Å². The van der Waals surface area contributed by atoms with Crippen LogP contribution in [0.5, 0.6) is 5.75 Å². The summed E-state index contributed by atoms with van der Waals surface area (Å²) in [6.45, 7) is 3.21. The first kappa shape index (κ1) is 13.6. The number of phenols is 1. The zero-order valence-corrected chi connectivity index (χ0v) is 11.9. The number of hydrogen-bond donors (Lipinski definition) is 1. The molecule has 0 aliphatic carbocycles. The van der Waals surface area contributed by atoms with E-state index in [0.717, 1.165) is 18.4 Å². The first-order chi connectivity index (χ1) is 10.1. The SMILES string of the molecule is Cc1ccc(O)c(C(=O)N2CCCC(n3ccnn3)C2)c1. The molecule has 1 saturated heterocycles. The normalized spacial score (nSPS) is 18.7. The molecule has 6 heteroatoms. The number of nitrogens with zero attached hydrogens (tertiary/aromatic N) is 4. The van der Waals surface area contributed by atoms with Crippen LogP contribution in [0.1, 0.15) is 34.8 Å². The van der Waals surface area contributed by atoms with Gasteiger partial charge in [-0.3, -0.25) is 4.79 Å². The maximum Gasteiger partial charge on any atom is 0.257 e. The summed E-state index contributed by atoms with van der Waals surface area (Å²) in [5, 5.41) is 17.7. The number of amides is 1. The third-order valence-corrected chi connectivity index (χ3v) is 3.88. The summed E-state index contributed by atoms with van der Waals surface area (Å²) in [5.41, 5.74) is 1.33. The number of likely N-dealkylation sites (tertiary alicyclic amines) is 1. The van der Waals surface area contributed by atoms with Gasteiger partial charge in [0.15, 0.2) is 0 Å². The first-order valence-electron chi connectivity index (χ1n) is 7.10. The summed E-state index contributed by atoms with van der Waals surface area (Å²) in [5.74, 6) is -0.0884. The number of aromatic hydroxyl groups is 1. The number of carbonyl (C=O) groups is 1. The van der Waals surface area contributed by atoms with Crippen molar-refractivity contribution in [3.63, 3.8) is 0 Å². The van der Waals surface area contributed by atoms with Crippen molar-refractivity contribution in [2.45, 2.75) is 25.8 Å². The van der Waals surface area contributed by atoms with E-state index < -0.39 is 0 Å². The van der Waals surface area contributed by atoms with Crippen molar-refractivity contribution < 1.29 is 9.90 Å². The third kappa shape index (κ3) is 2.74. The minimum absolute atomic E-state index is 0.0356. The predicted molar refractivity (Wildman–Crippen MR) is 77.0 cm³/mol. The van der Waals surface area contributed by atoms with Gasteiger partial charge in [0.05, 0.1) is 17.8 Å². The van der Waals surface area contributed by atoms with E-state index in [1.54, 1.807) is 34.0 Å². The molecular formula is C15H18N4O2. The van der Waals surface area contributed by atoms with Crippen LogP contribution in [0.25, 0.3) is 0 Å². The van der Waals surface area contributed by atoms with Crippen LogP contribution in [0, 0.1) is 6.92 Å². The second-order valence-electron chi connectivity index (χ2n) is 5.45. The van der Waals surface area contributed by atoms with Crippen molar-refractivity contribution in [2.75, 3.05) is 13.1 Å². The second-order valence-corrected chi connectivity index (χ2v) is 5.45. The summed E-state index contributed by atoms with van der Waals surface area (Å²) in [7, 11) is 0. The number of benzene rings is 1. The Morgan fingerprint density at radius 1 is 1.43 bits per heavy atom. The minimum atomic E-state index is -0.124. The molecule has 1 aromatic heterocycles. The lowest BCUT2D eigenvalue weighted by Gasteiger charge is -2.32. The average Bonchev–Trinajstić information content (AvgIpc) is 3.03. The Kier molecular flexibility index (Phi) is 3.60. The lowest BCUT2D eigenvalue weighted by Crippen LogP contribution is -2.40. The number of hydrogen-bond acceptors (Lipinski definition) is 4. The van der Waals surface area contributed by atoms with Crippen molar-refractivity contribution >= 4 is 5.91 Å². The molecule has 1 fully saturated rings. The summed E-state index contributed by atoms with van der Waals surface area (Å²) >= 11 is 0. The van der Waals surface area contributed by atoms with Gasteiger partial charge < -0.3 is 10.0 Å². The van der Waals surface area contributed by atoms with Crippen molar-refractivity contribution in [1.82, 2.24) is 19.9 Å². The number of rotatable bonds is 2. The number of aromatic nitrogens is 3. The summed E-state index contributed by atoms with van der Waals surface area (Å²) in [4.78, 5) is 14.4. The minimum Gasteiger partial charge on any atom is -0.507 e. The third-order valence-electron chi connectivity index (χ3n) is 3.88. The van der Waals surface area contributed by atoms with E-state index in [9.17, 15) is 9.90 Å². The monoisotopic (exact) mass is 286 g/mol. The highest BCUT2D eigenvalue weighted by Crippen LogP contribution is 2.25. The zero-order valence-electron chi connectivity index (χ0n) is 11.9. The van der Waals surface area contributed by atoms with Crippen LogP contribution in [0.2, 0.25) is 0 Å². The molecule has 21 heavy (non-hydrogen) atoms. The first-order valence-corrected chi connectivity index (χ1v) is 7.10. The Morgan fingerprint density at radius 2 is 2.29 bits per heavy atom. The van der Waals surface area contributed by atoms with Crippen LogP contribution in [-0.2, 0) is 0 Å². The van der Waals surface area contributed by atoms with Crippen LogP contribution in [0.15, 0.2) is 30.6 Å². The van der Waals surface area contributed by atoms with Gasteiger partial charge >= 0.3 is 0 Å². The van der Waals surface area contributed by atoms with Gasteiger partial charge in [-0.2, -0.15) is 0 Å². The Hall–Kier alpha value is -2.37. The highest BCUT2D eigenvalue weighted by molar-refractivity contribution is 5.97. The molecule has 2 aromatic rings. The van der Waals surface area contributed by atoms with E-state index in [1.165, 1.54) is 0 Å². The molecular weight excluding hydrogens is 268 g/mol. The van der Waals surface area contributed by atoms with Gasteiger partial charge in [-0.1, -0.05) is 16.8 Å². The quantitative estimate of drug-likeness (QED) is 0.913. The van der Waals surface area contributed by atoms with Gasteiger partial charge in [0, 0.05) is 19.3 Å². The predicted octanol–water partition coefficient (Wildman–Crippen LogP) is 1.77. The van der Waals surface area contributed by atoms with Crippen molar-refractivity contribution in [2.24, 2.45) is 0 Å². The molecule has 1 atom stereocenters. The molecule has 0 radical (unpaired) electrons. The maximum atomic E-state index is 12.6. The Bertz CT molecular complexity index is 639. The number of phenolic OH excluding ortho intramolecular Hbond substituents is 1. The number of aryl methyl sites for hydroxylation is 1. The average molecular weight is 286 g/mol. The Balaban J connectivity index is 1.79. The van der Waals surface area contributed by atoms with Gasteiger partial charge in [0.1, 0.15) is 5.75 Å². The van der Waals surface area contributed by atoms with Crippen LogP contribution in [-0.4, -0.2) is 44.0 Å². The van der Waals surface area contributed by atoms with Crippen LogP contribution in [0.4, 0.5) is 0 Å². The van der Waals surface area contributed by atoms with E-state index in [1.807, 2.05) is 13.1 Å². The molecule has 1 aliphatic rings. The van der Waals surface area contributed by atoms with E-state index in [4.69, 9.17) is 0 Å². The fourth-order valence-corrected chi connectivity index (χ4v) is 2.76. The number of piperidine rings is 1. The number of carbonyl (C=O) groups excluding carboxylic acids is 1. The summed E-state index contributed by atoms with van der Waals surface area (Å²) < 4.78 is 1.80.